The fraction of sp³-hybridized carbons (Fsp3) is 0.957. The Morgan fingerprint density at radius 3 is 2.62 bits per heavy atom. The molecule has 26 heavy (non-hydrogen) atoms. The van der Waals surface area contributed by atoms with Crippen molar-refractivity contribution in [3.63, 3.8) is 0 Å². The van der Waals surface area contributed by atoms with E-state index in [1.807, 2.05) is 0 Å². The molecule has 0 N–H and O–H groups in total. The standard InChI is InChI=1S/C23H39NO2/c1-22-11-9-17(26-14-13-24(3)4)15-16(22)5-6-18-19-7-8-21(25)23(19,2)12-10-20(18)22/h16-20H,5-15H2,1-4H3. The molecule has 3 nitrogen and oxygen atoms in total. The summed E-state index contributed by atoms with van der Waals surface area (Å²) in [6, 6.07) is 0. The molecule has 7 atom stereocenters. The van der Waals surface area contributed by atoms with Crippen molar-refractivity contribution in [2.24, 2.45) is 34.5 Å². The molecule has 4 saturated carbocycles. The first kappa shape index (κ1) is 18.9. The molecule has 3 heteroatoms. The van der Waals surface area contributed by atoms with Gasteiger partial charge in [0.2, 0.25) is 0 Å². The van der Waals surface area contributed by atoms with Crippen LogP contribution in [0.4, 0.5) is 0 Å². The molecule has 0 amide bonds. The minimum atomic E-state index is 0.0247. The molecule has 0 aromatic rings. The summed E-state index contributed by atoms with van der Waals surface area (Å²) in [6.45, 7) is 6.80. The van der Waals surface area contributed by atoms with E-state index in [1.54, 1.807) is 0 Å². The van der Waals surface area contributed by atoms with Gasteiger partial charge in [-0.05, 0) is 94.5 Å². The Labute approximate surface area is 160 Å². The summed E-state index contributed by atoms with van der Waals surface area (Å²) in [7, 11) is 4.24. The predicted octanol–water partition coefficient (Wildman–Crippen LogP) is 4.55. The van der Waals surface area contributed by atoms with Gasteiger partial charge in [-0.25, -0.2) is 0 Å². The van der Waals surface area contributed by atoms with Gasteiger partial charge < -0.3 is 9.64 Å². The normalized spacial score (nSPS) is 48.2. The van der Waals surface area contributed by atoms with Crippen LogP contribution in [0.15, 0.2) is 0 Å². The maximum absolute atomic E-state index is 12.5. The van der Waals surface area contributed by atoms with Crippen molar-refractivity contribution >= 4 is 5.78 Å². The van der Waals surface area contributed by atoms with Crippen LogP contribution in [0.25, 0.3) is 0 Å². The zero-order valence-corrected chi connectivity index (χ0v) is 17.4. The van der Waals surface area contributed by atoms with Crippen LogP contribution in [0.1, 0.15) is 71.6 Å². The van der Waals surface area contributed by atoms with Gasteiger partial charge in [-0.15, -0.1) is 0 Å². The monoisotopic (exact) mass is 361 g/mol. The number of carbonyl (C=O) groups is 1. The number of nitrogens with zero attached hydrogens (tertiary/aromatic N) is 1. The number of hydrogen-bond acceptors (Lipinski definition) is 3. The Balaban J connectivity index is 1.43. The van der Waals surface area contributed by atoms with E-state index in [-0.39, 0.29) is 5.41 Å². The topological polar surface area (TPSA) is 29.5 Å². The summed E-state index contributed by atoms with van der Waals surface area (Å²) >= 11 is 0. The number of ether oxygens (including phenoxy) is 1. The third kappa shape index (κ3) is 2.98. The van der Waals surface area contributed by atoms with Gasteiger partial charge in [0, 0.05) is 18.4 Å². The second-order valence-corrected chi connectivity index (χ2v) is 10.6. The van der Waals surface area contributed by atoms with Gasteiger partial charge in [-0.1, -0.05) is 13.8 Å². The smallest absolute Gasteiger partial charge is 0.139 e. The van der Waals surface area contributed by atoms with Gasteiger partial charge in [0.1, 0.15) is 5.78 Å². The van der Waals surface area contributed by atoms with E-state index < -0.39 is 0 Å². The molecule has 4 rings (SSSR count). The number of ketones is 1. The molecule has 4 aliphatic rings. The molecule has 0 radical (unpaired) electrons. The predicted molar refractivity (Wildman–Crippen MR) is 105 cm³/mol. The summed E-state index contributed by atoms with van der Waals surface area (Å²) in [5.74, 6) is 3.76. The summed E-state index contributed by atoms with van der Waals surface area (Å²) in [4.78, 5) is 14.7. The van der Waals surface area contributed by atoms with Crippen LogP contribution in [0.5, 0.6) is 0 Å². The van der Waals surface area contributed by atoms with Crippen LogP contribution in [-0.4, -0.2) is 44.0 Å². The van der Waals surface area contributed by atoms with Crippen molar-refractivity contribution in [3.05, 3.63) is 0 Å². The van der Waals surface area contributed by atoms with Crippen LogP contribution in [0.3, 0.4) is 0 Å². The molecule has 148 valence electrons. The van der Waals surface area contributed by atoms with E-state index in [2.05, 4.69) is 32.8 Å². The summed E-state index contributed by atoms with van der Waals surface area (Å²) in [6.07, 6.45) is 11.5. The molecule has 0 bridgehead atoms. The Morgan fingerprint density at radius 1 is 1.04 bits per heavy atom. The maximum atomic E-state index is 12.5. The SMILES string of the molecule is CN(C)CCOC1CCC2(C)C(CCC3C4CCC(=O)C4(C)CCC32)C1. The second kappa shape index (κ2) is 6.88. The lowest BCUT2D eigenvalue weighted by molar-refractivity contribution is -0.145. The first-order chi connectivity index (χ1) is 12.3. The maximum Gasteiger partial charge on any atom is 0.139 e. The van der Waals surface area contributed by atoms with Crippen LogP contribution in [-0.2, 0) is 9.53 Å². The molecule has 0 aromatic carbocycles. The van der Waals surface area contributed by atoms with Crippen molar-refractivity contribution in [2.75, 3.05) is 27.2 Å². The summed E-state index contributed by atoms with van der Waals surface area (Å²) in [5.41, 5.74) is 0.522. The first-order valence-corrected chi connectivity index (χ1v) is 11.1. The number of hydrogen-bond donors (Lipinski definition) is 0. The molecule has 0 aromatic heterocycles. The third-order valence-electron chi connectivity index (χ3n) is 9.22. The highest BCUT2D eigenvalue weighted by Gasteiger charge is 2.60. The molecule has 7 unspecified atom stereocenters. The van der Waals surface area contributed by atoms with Crippen molar-refractivity contribution in [3.8, 4) is 0 Å². The van der Waals surface area contributed by atoms with Crippen molar-refractivity contribution in [1.82, 2.24) is 4.90 Å². The zero-order valence-electron chi connectivity index (χ0n) is 17.4. The minimum absolute atomic E-state index is 0.0247. The average Bonchev–Trinajstić information content (AvgIpc) is 2.90. The van der Waals surface area contributed by atoms with Crippen molar-refractivity contribution in [2.45, 2.75) is 77.7 Å². The Kier molecular flexibility index (Phi) is 5.01. The van der Waals surface area contributed by atoms with Gasteiger partial charge >= 0.3 is 0 Å². The zero-order chi connectivity index (χ0) is 18.5. The van der Waals surface area contributed by atoms with Gasteiger partial charge in [0.15, 0.2) is 0 Å². The second-order valence-electron chi connectivity index (χ2n) is 10.6. The molecule has 0 aliphatic heterocycles. The molecular weight excluding hydrogens is 322 g/mol. The van der Waals surface area contributed by atoms with Crippen LogP contribution in [0, 0.1) is 34.5 Å². The fourth-order valence-corrected chi connectivity index (χ4v) is 7.54. The van der Waals surface area contributed by atoms with E-state index >= 15 is 0 Å². The average molecular weight is 362 g/mol. The lowest BCUT2D eigenvalue weighted by Crippen LogP contribution is -2.54. The quantitative estimate of drug-likeness (QED) is 0.736. The highest BCUT2D eigenvalue weighted by atomic mass is 16.5. The third-order valence-corrected chi connectivity index (χ3v) is 9.22. The molecule has 4 aliphatic carbocycles. The minimum Gasteiger partial charge on any atom is -0.377 e. The fourth-order valence-electron chi connectivity index (χ4n) is 7.54. The number of likely N-dealkylation sites (N-methyl/N-ethyl adjacent to an activating group) is 1. The Hall–Kier alpha value is -0.410. The Morgan fingerprint density at radius 2 is 1.85 bits per heavy atom. The van der Waals surface area contributed by atoms with E-state index in [4.69, 9.17) is 4.74 Å². The van der Waals surface area contributed by atoms with E-state index in [1.165, 1.54) is 44.9 Å². The number of Topliss-reactive ketones (excluding diaryl/α,β-unsaturated/α-hetero) is 1. The number of fused-ring (bicyclic) bond motifs is 5. The van der Waals surface area contributed by atoms with Crippen LogP contribution in [0.2, 0.25) is 0 Å². The lowest BCUT2D eigenvalue weighted by atomic mass is 9.45. The van der Waals surface area contributed by atoms with E-state index in [0.29, 0.717) is 23.2 Å². The van der Waals surface area contributed by atoms with Crippen molar-refractivity contribution in [1.29, 1.82) is 0 Å². The van der Waals surface area contributed by atoms with E-state index in [9.17, 15) is 4.79 Å². The van der Waals surface area contributed by atoms with Gasteiger partial charge in [0.05, 0.1) is 12.7 Å². The molecular formula is C23H39NO2. The van der Waals surface area contributed by atoms with Gasteiger partial charge in [-0.3, -0.25) is 4.79 Å². The lowest BCUT2D eigenvalue weighted by Gasteiger charge is -2.60. The highest BCUT2D eigenvalue weighted by Crippen LogP contribution is 2.65. The summed E-state index contributed by atoms with van der Waals surface area (Å²) in [5, 5.41) is 0. The molecule has 0 heterocycles. The number of carbonyl (C=O) groups excluding carboxylic acids is 1. The van der Waals surface area contributed by atoms with E-state index in [0.717, 1.165) is 43.7 Å². The largest absolute Gasteiger partial charge is 0.377 e. The van der Waals surface area contributed by atoms with Gasteiger partial charge in [0.25, 0.3) is 0 Å². The molecule has 4 fully saturated rings. The number of rotatable bonds is 4. The van der Waals surface area contributed by atoms with Crippen LogP contribution >= 0.6 is 0 Å². The molecule has 0 spiro atoms. The highest BCUT2D eigenvalue weighted by molar-refractivity contribution is 5.87. The molecule has 0 saturated heterocycles. The Bertz CT molecular complexity index is 546. The summed E-state index contributed by atoms with van der Waals surface area (Å²) < 4.78 is 6.24. The van der Waals surface area contributed by atoms with Crippen LogP contribution < -0.4 is 0 Å². The van der Waals surface area contributed by atoms with Crippen molar-refractivity contribution < 1.29 is 9.53 Å². The van der Waals surface area contributed by atoms with Gasteiger partial charge in [-0.2, -0.15) is 0 Å². The first-order valence-electron chi connectivity index (χ1n) is 11.1.